The second-order valence-corrected chi connectivity index (χ2v) is 5.41. The molecule has 2 fully saturated rings. The van der Waals surface area contributed by atoms with Gasteiger partial charge >= 0.3 is 0 Å². The Morgan fingerprint density at radius 3 is 3.11 bits per heavy atom. The van der Waals surface area contributed by atoms with Crippen molar-refractivity contribution in [3.63, 3.8) is 0 Å². The second-order valence-electron chi connectivity index (χ2n) is 5.41. The van der Waals surface area contributed by atoms with Gasteiger partial charge < -0.3 is 10.2 Å². The maximum absolute atomic E-state index is 12.2. The summed E-state index contributed by atoms with van der Waals surface area (Å²) in [6.45, 7) is 2.25. The molecule has 2 aliphatic heterocycles. The van der Waals surface area contributed by atoms with Crippen LogP contribution in [0, 0.1) is 5.41 Å². The number of hydrogen-bond acceptors (Lipinski definition) is 3. The number of carbonyl (C=O) groups excluding carboxylic acids is 2. The van der Waals surface area contributed by atoms with Gasteiger partial charge in [0.25, 0.3) is 0 Å². The molecule has 0 unspecified atom stereocenters. The molecule has 2 amide bonds. The van der Waals surface area contributed by atoms with E-state index in [1.54, 1.807) is 28.0 Å². The van der Waals surface area contributed by atoms with Crippen molar-refractivity contribution in [2.75, 3.05) is 19.6 Å². The minimum Gasteiger partial charge on any atom is -0.356 e. The topological polar surface area (TPSA) is 67.2 Å². The Bertz CT molecular complexity index is 485. The van der Waals surface area contributed by atoms with E-state index in [1.807, 2.05) is 0 Å². The highest BCUT2D eigenvalue weighted by Gasteiger charge is 2.46. The predicted molar refractivity (Wildman–Crippen MR) is 68.1 cm³/mol. The Kier molecular flexibility index (Phi) is 3.00. The fourth-order valence-electron chi connectivity index (χ4n) is 3.04. The molecular formula is C13H18N4O2. The lowest BCUT2D eigenvalue weighted by Crippen LogP contribution is -2.48. The first-order valence-corrected chi connectivity index (χ1v) is 6.73. The minimum absolute atomic E-state index is 0.0407. The van der Waals surface area contributed by atoms with E-state index in [9.17, 15) is 9.59 Å². The van der Waals surface area contributed by atoms with E-state index in [1.165, 1.54) is 0 Å². The third-order valence-corrected chi connectivity index (χ3v) is 4.16. The second kappa shape index (κ2) is 4.68. The first-order valence-electron chi connectivity index (χ1n) is 6.73. The Hall–Kier alpha value is -1.85. The number of rotatable bonds is 2. The van der Waals surface area contributed by atoms with Gasteiger partial charge in [-0.2, -0.15) is 5.10 Å². The quantitative estimate of drug-likeness (QED) is 0.816. The van der Waals surface area contributed by atoms with Crippen molar-refractivity contribution in [1.82, 2.24) is 20.0 Å². The summed E-state index contributed by atoms with van der Waals surface area (Å²) in [5, 5.41) is 6.96. The molecule has 0 bridgehead atoms. The largest absolute Gasteiger partial charge is 0.356 e. The van der Waals surface area contributed by atoms with Crippen LogP contribution in [0.15, 0.2) is 18.5 Å². The Morgan fingerprint density at radius 2 is 2.37 bits per heavy atom. The maximum Gasteiger partial charge on any atom is 0.244 e. The molecule has 0 radical (unpaired) electrons. The molecule has 3 heterocycles. The molecule has 1 atom stereocenters. The van der Waals surface area contributed by atoms with Crippen molar-refractivity contribution in [2.45, 2.75) is 25.8 Å². The Labute approximate surface area is 111 Å². The highest BCUT2D eigenvalue weighted by Crippen LogP contribution is 2.37. The van der Waals surface area contributed by atoms with E-state index >= 15 is 0 Å². The van der Waals surface area contributed by atoms with Gasteiger partial charge in [0, 0.05) is 32.0 Å². The summed E-state index contributed by atoms with van der Waals surface area (Å²) >= 11 is 0. The zero-order valence-corrected chi connectivity index (χ0v) is 10.8. The van der Waals surface area contributed by atoms with Crippen LogP contribution in [0.2, 0.25) is 0 Å². The van der Waals surface area contributed by atoms with Crippen molar-refractivity contribution < 1.29 is 9.59 Å². The number of nitrogens with one attached hydrogen (secondary N) is 1. The molecule has 1 aromatic heterocycles. The summed E-state index contributed by atoms with van der Waals surface area (Å²) in [7, 11) is 0. The third kappa shape index (κ3) is 2.22. The van der Waals surface area contributed by atoms with Crippen molar-refractivity contribution in [3.8, 4) is 0 Å². The van der Waals surface area contributed by atoms with Crippen LogP contribution in [0.5, 0.6) is 0 Å². The molecule has 1 spiro atoms. The van der Waals surface area contributed by atoms with Crippen LogP contribution in [0.25, 0.3) is 0 Å². The van der Waals surface area contributed by atoms with Crippen LogP contribution < -0.4 is 5.32 Å². The van der Waals surface area contributed by atoms with Gasteiger partial charge in [-0.05, 0) is 25.3 Å². The van der Waals surface area contributed by atoms with E-state index < -0.39 is 0 Å². The Morgan fingerprint density at radius 1 is 1.47 bits per heavy atom. The number of amides is 2. The molecule has 1 N–H and O–H groups in total. The number of likely N-dealkylation sites (tertiary alicyclic amines) is 1. The Balaban J connectivity index is 1.65. The minimum atomic E-state index is -0.335. The van der Waals surface area contributed by atoms with Gasteiger partial charge in [0.2, 0.25) is 11.8 Å². The molecule has 3 rings (SSSR count). The van der Waals surface area contributed by atoms with Gasteiger partial charge in [0.15, 0.2) is 0 Å². The summed E-state index contributed by atoms with van der Waals surface area (Å²) in [5.74, 6) is 0.159. The van der Waals surface area contributed by atoms with Crippen LogP contribution in [0.1, 0.15) is 19.3 Å². The number of piperidine rings is 1. The SMILES string of the molecule is O=C(Cn1cccn1)N1CC[C@]2(CCCNC2=O)C1. The molecule has 2 aliphatic rings. The lowest BCUT2D eigenvalue weighted by molar-refractivity contribution is -0.135. The van der Waals surface area contributed by atoms with E-state index in [0.29, 0.717) is 13.1 Å². The van der Waals surface area contributed by atoms with Crippen molar-refractivity contribution in [3.05, 3.63) is 18.5 Å². The fourth-order valence-corrected chi connectivity index (χ4v) is 3.04. The summed E-state index contributed by atoms with van der Waals surface area (Å²) in [6, 6.07) is 1.80. The van der Waals surface area contributed by atoms with E-state index in [0.717, 1.165) is 25.8 Å². The summed E-state index contributed by atoms with van der Waals surface area (Å²) in [5.41, 5.74) is -0.335. The number of hydrogen-bond donors (Lipinski definition) is 1. The summed E-state index contributed by atoms with van der Waals surface area (Å²) < 4.78 is 1.62. The molecule has 0 aliphatic carbocycles. The summed E-state index contributed by atoms with van der Waals surface area (Å²) in [6.07, 6.45) is 6.12. The molecule has 102 valence electrons. The normalized spacial score (nSPS) is 26.7. The van der Waals surface area contributed by atoms with Crippen LogP contribution >= 0.6 is 0 Å². The predicted octanol–water partition coefficient (Wildman–Crippen LogP) is 0.0118. The van der Waals surface area contributed by atoms with Gasteiger partial charge in [-0.3, -0.25) is 14.3 Å². The van der Waals surface area contributed by atoms with Gasteiger partial charge in [0.05, 0.1) is 5.41 Å². The highest BCUT2D eigenvalue weighted by atomic mass is 16.2. The van der Waals surface area contributed by atoms with Crippen molar-refractivity contribution in [1.29, 1.82) is 0 Å². The molecule has 1 aromatic rings. The number of carbonyl (C=O) groups is 2. The molecule has 2 saturated heterocycles. The van der Waals surface area contributed by atoms with Crippen molar-refractivity contribution in [2.24, 2.45) is 5.41 Å². The fraction of sp³-hybridized carbons (Fsp3) is 0.615. The van der Waals surface area contributed by atoms with Crippen LogP contribution in [-0.2, 0) is 16.1 Å². The smallest absolute Gasteiger partial charge is 0.244 e. The van der Waals surface area contributed by atoms with E-state index in [4.69, 9.17) is 0 Å². The van der Waals surface area contributed by atoms with E-state index in [2.05, 4.69) is 10.4 Å². The lowest BCUT2D eigenvalue weighted by Gasteiger charge is -2.32. The lowest BCUT2D eigenvalue weighted by atomic mass is 9.79. The van der Waals surface area contributed by atoms with Gasteiger partial charge in [-0.25, -0.2) is 0 Å². The van der Waals surface area contributed by atoms with Crippen LogP contribution in [-0.4, -0.2) is 46.1 Å². The van der Waals surface area contributed by atoms with Crippen LogP contribution in [0.4, 0.5) is 0 Å². The van der Waals surface area contributed by atoms with Gasteiger partial charge in [0.1, 0.15) is 6.54 Å². The van der Waals surface area contributed by atoms with Gasteiger partial charge in [-0.1, -0.05) is 0 Å². The first-order chi connectivity index (χ1) is 9.20. The number of nitrogens with zero attached hydrogens (tertiary/aromatic N) is 3. The van der Waals surface area contributed by atoms with Gasteiger partial charge in [-0.15, -0.1) is 0 Å². The highest BCUT2D eigenvalue weighted by molar-refractivity contribution is 5.85. The molecule has 6 nitrogen and oxygen atoms in total. The van der Waals surface area contributed by atoms with E-state index in [-0.39, 0.29) is 23.8 Å². The standard InChI is InChI=1S/C13H18N4O2/c18-11(9-17-7-2-6-15-17)16-8-4-13(10-16)3-1-5-14-12(13)19/h2,6-7H,1,3-5,8-10H2,(H,14,19)/t13-/m1/s1. The summed E-state index contributed by atoms with van der Waals surface area (Å²) in [4.78, 5) is 26.0. The molecule has 0 saturated carbocycles. The molecule has 0 aromatic carbocycles. The molecule has 19 heavy (non-hydrogen) atoms. The zero-order valence-electron chi connectivity index (χ0n) is 10.8. The third-order valence-electron chi connectivity index (χ3n) is 4.16. The average Bonchev–Trinajstić information content (AvgIpc) is 3.04. The maximum atomic E-state index is 12.2. The monoisotopic (exact) mass is 262 g/mol. The molecule has 6 heteroatoms. The average molecular weight is 262 g/mol. The van der Waals surface area contributed by atoms with Crippen molar-refractivity contribution >= 4 is 11.8 Å². The molecular weight excluding hydrogens is 244 g/mol. The number of aromatic nitrogens is 2. The zero-order chi connectivity index (χ0) is 13.3. The van der Waals surface area contributed by atoms with Crippen LogP contribution in [0.3, 0.4) is 0 Å². The first kappa shape index (κ1) is 12.2.